The zero-order valence-electron chi connectivity index (χ0n) is 11.4. The van der Waals surface area contributed by atoms with E-state index >= 15 is 0 Å². The van der Waals surface area contributed by atoms with Crippen molar-refractivity contribution in [3.8, 4) is 5.75 Å². The second-order valence-corrected chi connectivity index (χ2v) is 4.56. The Kier molecular flexibility index (Phi) is 5.28. The van der Waals surface area contributed by atoms with E-state index in [1.807, 2.05) is 25.8 Å². The Morgan fingerprint density at radius 2 is 2.11 bits per heavy atom. The van der Waals surface area contributed by atoms with Crippen molar-refractivity contribution in [1.82, 2.24) is 4.90 Å². The Bertz CT molecular complexity index is 418. The summed E-state index contributed by atoms with van der Waals surface area (Å²) in [5.41, 5.74) is 0.0529. The molecule has 1 rings (SSSR count). The molecule has 100 valence electrons. The van der Waals surface area contributed by atoms with Gasteiger partial charge in [-0.25, -0.2) is 4.39 Å². The van der Waals surface area contributed by atoms with E-state index in [1.165, 1.54) is 19.2 Å². The van der Waals surface area contributed by atoms with E-state index in [1.54, 1.807) is 6.07 Å². The summed E-state index contributed by atoms with van der Waals surface area (Å²) in [5, 5.41) is 0. The van der Waals surface area contributed by atoms with Gasteiger partial charge in [-0.05, 0) is 33.0 Å². The summed E-state index contributed by atoms with van der Waals surface area (Å²) in [7, 11) is 3.38. The molecule has 0 amide bonds. The van der Waals surface area contributed by atoms with Crippen LogP contribution in [-0.4, -0.2) is 37.4 Å². The van der Waals surface area contributed by atoms with Crippen LogP contribution in [0.5, 0.6) is 5.75 Å². The fourth-order valence-electron chi connectivity index (χ4n) is 1.61. The van der Waals surface area contributed by atoms with Crippen LogP contribution in [0, 0.1) is 5.82 Å². The van der Waals surface area contributed by atoms with Crippen LogP contribution < -0.4 is 4.74 Å². The summed E-state index contributed by atoms with van der Waals surface area (Å²) in [6.45, 7) is 4.70. The Balaban J connectivity index is 2.78. The van der Waals surface area contributed by atoms with Crippen molar-refractivity contribution in [2.75, 3.05) is 20.7 Å². The second-order valence-electron chi connectivity index (χ2n) is 4.56. The minimum Gasteiger partial charge on any atom is -0.496 e. The van der Waals surface area contributed by atoms with Crippen molar-refractivity contribution in [2.45, 2.75) is 26.3 Å². The summed E-state index contributed by atoms with van der Waals surface area (Å²) in [5.74, 6) is -0.448. The van der Waals surface area contributed by atoms with Crippen LogP contribution in [0.25, 0.3) is 0 Å². The number of methoxy groups -OCH3 is 1. The smallest absolute Gasteiger partial charge is 0.170 e. The van der Waals surface area contributed by atoms with Crippen molar-refractivity contribution in [1.29, 1.82) is 0 Å². The van der Waals surface area contributed by atoms with E-state index in [0.717, 1.165) is 0 Å². The van der Waals surface area contributed by atoms with E-state index in [-0.39, 0.29) is 17.8 Å². The molecule has 0 fully saturated rings. The molecule has 0 bridgehead atoms. The number of ketones is 1. The van der Waals surface area contributed by atoms with Gasteiger partial charge in [-0.2, -0.15) is 0 Å². The van der Waals surface area contributed by atoms with Crippen LogP contribution in [0.4, 0.5) is 4.39 Å². The molecule has 0 aromatic heterocycles. The molecule has 3 nitrogen and oxygen atoms in total. The largest absolute Gasteiger partial charge is 0.496 e. The number of halogens is 1. The number of hydrogen-bond donors (Lipinski definition) is 0. The number of nitrogens with zero attached hydrogens (tertiary/aromatic N) is 1. The average molecular weight is 253 g/mol. The quantitative estimate of drug-likeness (QED) is 0.730. The number of benzene rings is 1. The Labute approximate surface area is 108 Å². The molecule has 0 atom stereocenters. The monoisotopic (exact) mass is 253 g/mol. The predicted molar refractivity (Wildman–Crippen MR) is 69.7 cm³/mol. The lowest BCUT2D eigenvalue weighted by Gasteiger charge is -2.20. The molecule has 1 aromatic rings. The maximum absolute atomic E-state index is 13.7. The van der Waals surface area contributed by atoms with Gasteiger partial charge in [0.15, 0.2) is 5.78 Å². The number of rotatable bonds is 6. The van der Waals surface area contributed by atoms with Gasteiger partial charge >= 0.3 is 0 Å². The summed E-state index contributed by atoms with van der Waals surface area (Å²) < 4.78 is 18.7. The first-order valence-corrected chi connectivity index (χ1v) is 6.03. The highest BCUT2D eigenvalue weighted by Crippen LogP contribution is 2.22. The third kappa shape index (κ3) is 3.53. The highest BCUT2D eigenvalue weighted by Gasteiger charge is 2.18. The maximum Gasteiger partial charge on any atom is 0.170 e. The van der Waals surface area contributed by atoms with Gasteiger partial charge < -0.3 is 9.64 Å². The minimum atomic E-state index is -0.522. The molecule has 0 aliphatic rings. The average Bonchev–Trinajstić information content (AvgIpc) is 2.34. The van der Waals surface area contributed by atoms with Crippen molar-refractivity contribution < 1.29 is 13.9 Å². The SMILES string of the molecule is COc1cccc(F)c1C(=O)CCN(C)C(C)C. The molecule has 0 saturated carbocycles. The van der Waals surface area contributed by atoms with Gasteiger partial charge in [0.2, 0.25) is 0 Å². The van der Waals surface area contributed by atoms with Crippen LogP contribution in [0.15, 0.2) is 18.2 Å². The molecule has 0 aliphatic carbocycles. The van der Waals surface area contributed by atoms with E-state index in [0.29, 0.717) is 18.3 Å². The van der Waals surface area contributed by atoms with Crippen LogP contribution in [0.3, 0.4) is 0 Å². The van der Waals surface area contributed by atoms with Gasteiger partial charge in [0.1, 0.15) is 11.6 Å². The van der Waals surface area contributed by atoms with Crippen LogP contribution >= 0.6 is 0 Å². The molecule has 0 radical (unpaired) electrons. The highest BCUT2D eigenvalue weighted by molar-refractivity contribution is 5.99. The lowest BCUT2D eigenvalue weighted by atomic mass is 10.1. The Morgan fingerprint density at radius 3 is 2.67 bits per heavy atom. The lowest BCUT2D eigenvalue weighted by molar-refractivity contribution is 0.0957. The van der Waals surface area contributed by atoms with Gasteiger partial charge in [-0.3, -0.25) is 4.79 Å². The third-order valence-corrected chi connectivity index (χ3v) is 3.05. The zero-order valence-corrected chi connectivity index (χ0v) is 11.4. The molecule has 18 heavy (non-hydrogen) atoms. The molecule has 0 spiro atoms. The summed E-state index contributed by atoms with van der Waals surface area (Å²) >= 11 is 0. The molecule has 0 saturated heterocycles. The zero-order chi connectivity index (χ0) is 13.7. The first-order valence-electron chi connectivity index (χ1n) is 6.03. The van der Waals surface area contributed by atoms with E-state index in [2.05, 4.69) is 0 Å². The number of carbonyl (C=O) groups is 1. The standard InChI is InChI=1S/C14H20FNO2/c1-10(2)16(3)9-8-12(17)14-11(15)6-5-7-13(14)18-4/h5-7,10H,8-9H2,1-4H3. The second kappa shape index (κ2) is 6.50. The number of carbonyl (C=O) groups excluding carboxylic acids is 1. The van der Waals surface area contributed by atoms with Gasteiger partial charge in [0.05, 0.1) is 12.7 Å². The van der Waals surface area contributed by atoms with Crippen molar-refractivity contribution >= 4 is 5.78 Å². The Morgan fingerprint density at radius 1 is 1.44 bits per heavy atom. The normalized spacial score (nSPS) is 11.1. The number of ether oxygens (including phenoxy) is 1. The number of hydrogen-bond acceptors (Lipinski definition) is 3. The first kappa shape index (κ1) is 14.6. The Hall–Kier alpha value is -1.42. The molecule has 0 aliphatic heterocycles. The van der Waals surface area contributed by atoms with Crippen LogP contribution in [-0.2, 0) is 0 Å². The predicted octanol–water partition coefficient (Wildman–Crippen LogP) is 2.75. The van der Waals surface area contributed by atoms with Gasteiger partial charge in [-0.1, -0.05) is 6.07 Å². The molecular formula is C14H20FNO2. The fourth-order valence-corrected chi connectivity index (χ4v) is 1.61. The van der Waals surface area contributed by atoms with Gasteiger partial charge in [-0.15, -0.1) is 0 Å². The first-order chi connectivity index (χ1) is 8.47. The molecule has 4 heteroatoms. The minimum absolute atomic E-state index is 0.0529. The van der Waals surface area contributed by atoms with Crippen molar-refractivity contribution in [3.05, 3.63) is 29.6 Å². The van der Waals surface area contributed by atoms with Crippen molar-refractivity contribution in [2.24, 2.45) is 0 Å². The number of Topliss-reactive ketones (excluding diaryl/α,β-unsaturated/α-hetero) is 1. The molecule has 1 aromatic carbocycles. The summed E-state index contributed by atoms with van der Waals surface area (Å²) in [4.78, 5) is 14.1. The van der Waals surface area contributed by atoms with Gasteiger partial charge in [0.25, 0.3) is 0 Å². The summed E-state index contributed by atoms with van der Waals surface area (Å²) in [6, 6.07) is 4.77. The van der Waals surface area contributed by atoms with Crippen LogP contribution in [0.1, 0.15) is 30.6 Å². The third-order valence-electron chi connectivity index (χ3n) is 3.05. The maximum atomic E-state index is 13.7. The molecular weight excluding hydrogens is 233 g/mol. The molecule has 0 unspecified atom stereocenters. The summed E-state index contributed by atoms with van der Waals surface area (Å²) in [6.07, 6.45) is 0.284. The fraction of sp³-hybridized carbons (Fsp3) is 0.500. The topological polar surface area (TPSA) is 29.5 Å². The molecule has 0 N–H and O–H groups in total. The van der Waals surface area contributed by atoms with Crippen LogP contribution in [0.2, 0.25) is 0 Å². The van der Waals surface area contributed by atoms with E-state index < -0.39 is 5.82 Å². The molecule has 0 heterocycles. The van der Waals surface area contributed by atoms with Crippen molar-refractivity contribution in [3.63, 3.8) is 0 Å². The highest BCUT2D eigenvalue weighted by atomic mass is 19.1. The van der Waals surface area contributed by atoms with E-state index in [9.17, 15) is 9.18 Å². The van der Waals surface area contributed by atoms with Gasteiger partial charge in [0, 0.05) is 19.0 Å². The lowest BCUT2D eigenvalue weighted by Crippen LogP contribution is -2.28. The van der Waals surface area contributed by atoms with E-state index in [4.69, 9.17) is 4.74 Å².